The van der Waals surface area contributed by atoms with Gasteiger partial charge in [-0.2, -0.15) is 0 Å². The van der Waals surface area contributed by atoms with E-state index >= 15 is 0 Å². The molecule has 0 radical (unpaired) electrons. The van der Waals surface area contributed by atoms with E-state index in [2.05, 4.69) is 41.7 Å². The smallest absolute Gasteiger partial charge is 0.127 e. The Morgan fingerprint density at radius 1 is 1.09 bits per heavy atom. The van der Waals surface area contributed by atoms with Gasteiger partial charge >= 0.3 is 0 Å². The molecule has 0 aliphatic carbocycles. The molecule has 2 aromatic rings. The lowest BCUT2D eigenvalue weighted by Crippen LogP contribution is -2.20. The third kappa shape index (κ3) is 3.57. The summed E-state index contributed by atoms with van der Waals surface area (Å²) in [6.45, 7) is 4.64. The maximum absolute atomic E-state index is 5.65. The van der Waals surface area contributed by atoms with E-state index in [1.165, 1.54) is 11.1 Å². The number of benzene rings is 2. The Bertz CT molecular complexity index is 707. The molecule has 23 heavy (non-hydrogen) atoms. The van der Waals surface area contributed by atoms with Crippen molar-refractivity contribution in [3.63, 3.8) is 0 Å². The van der Waals surface area contributed by atoms with Crippen LogP contribution in [0.2, 0.25) is 0 Å². The zero-order valence-corrected chi connectivity index (χ0v) is 13.8. The first kappa shape index (κ1) is 15.6. The van der Waals surface area contributed by atoms with Crippen LogP contribution >= 0.6 is 0 Å². The maximum atomic E-state index is 5.65. The van der Waals surface area contributed by atoms with Crippen LogP contribution < -0.4 is 14.8 Å². The number of nitrogens with one attached hydrogen (secondary N) is 1. The van der Waals surface area contributed by atoms with Crippen LogP contribution in [-0.4, -0.2) is 26.8 Å². The van der Waals surface area contributed by atoms with Crippen LogP contribution in [0.3, 0.4) is 0 Å². The molecule has 3 rings (SSSR count). The fourth-order valence-corrected chi connectivity index (χ4v) is 2.93. The third-order valence-corrected chi connectivity index (χ3v) is 4.09. The lowest BCUT2D eigenvalue weighted by molar-refractivity contribution is 0.340. The first-order valence-electron chi connectivity index (χ1n) is 8.13. The van der Waals surface area contributed by atoms with E-state index in [1.54, 1.807) is 7.11 Å². The Morgan fingerprint density at radius 3 is 2.74 bits per heavy atom. The van der Waals surface area contributed by atoms with Crippen molar-refractivity contribution < 1.29 is 9.47 Å². The quantitative estimate of drug-likeness (QED) is 0.900. The zero-order valence-electron chi connectivity index (χ0n) is 13.8. The van der Waals surface area contributed by atoms with Crippen LogP contribution in [0.1, 0.15) is 18.9 Å². The second-order valence-electron chi connectivity index (χ2n) is 5.56. The molecular formula is C20H23NO2. The molecule has 1 heterocycles. The van der Waals surface area contributed by atoms with Crippen LogP contribution in [0.25, 0.3) is 16.7 Å². The summed E-state index contributed by atoms with van der Waals surface area (Å²) in [5, 5.41) is 3.35. The van der Waals surface area contributed by atoms with E-state index < -0.39 is 0 Å². The van der Waals surface area contributed by atoms with Gasteiger partial charge in [-0.3, -0.25) is 0 Å². The van der Waals surface area contributed by atoms with Gasteiger partial charge in [0.25, 0.3) is 0 Å². The van der Waals surface area contributed by atoms with Gasteiger partial charge in [0.2, 0.25) is 0 Å². The van der Waals surface area contributed by atoms with Crippen LogP contribution in [0.5, 0.6) is 11.5 Å². The number of hydrogen-bond donors (Lipinski definition) is 1. The van der Waals surface area contributed by atoms with E-state index in [0.717, 1.165) is 42.1 Å². The fraction of sp³-hybridized carbons (Fsp3) is 0.300. The van der Waals surface area contributed by atoms with E-state index in [0.29, 0.717) is 6.61 Å². The highest BCUT2D eigenvalue weighted by Crippen LogP contribution is 2.35. The molecule has 0 fully saturated rings. The molecule has 0 saturated heterocycles. The van der Waals surface area contributed by atoms with E-state index in [1.807, 2.05) is 19.1 Å². The third-order valence-electron chi connectivity index (χ3n) is 4.09. The highest BCUT2D eigenvalue weighted by atomic mass is 16.5. The van der Waals surface area contributed by atoms with Crippen molar-refractivity contribution in [3.8, 4) is 22.6 Å². The molecule has 3 nitrogen and oxygen atoms in total. The molecule has 2 aromatic carbocycles. The molecule has 0 spiro atoms. The summed E-state index contributed by atoms with van der Waals surface area (Å²) in [5.41, 5.74) is 4.83. The Balaban J connectivity index is 1.96. The van der Waals surface area contributed by atoms with Gasteiger partial charge in [0.1, 0.15) is 11.5 Å². The zero-order chi connectivity index (χ0) is 16.1. The molecule has 0 amide bonds. The standard InChI is InChI=1S/C20H23NO2/c1-3-23-18-6-4-5-17(13-18)19-8-7-16(14-20(19)22-2)15-9-11-21-12-10-15/h4-9,13-14,21H,3,10-12H2,1-2H3. The topological polar surface area (TPSA) is 30.5 Å². The second-order valence-corrected chi connectivity index (χ2v) is 5.56. The van der Waals surface area contributed by atoms with Gasteiger partial charge in [0.15, 0.2) is 0 Å². The van der Waals surface area contributed by atoms with Crippen molar-refractivity contribution in [2.45, 2.75) is 13.3 Å². The highest BCUT2D eigenvalue weighted by molar-refractivity contribution is 5.76. The van der Waals surface area contributed by atoms with Crippen molar-refractivity contribution >= 4 is 5.57 Å². The highest BCUT2D eigenvalue weighted by Gasteiger charge is 2.11. The lowest BCUT2D eigenvalue weighted by atomic mass is 9.96. The summed E-state index contributed by atoms with van der Waals surface area (Å²) in [6.07, 6.45) is 3.32. The van der Waals surface area contributed by atoms with Gasteiger partial charge < -0.3 is 14.8 Å². The Labute approximate surface area is 137 Å². The summed E-state index contributed by atoms with van der Waals surface area (Å²) >= 11 is 0. The van der Waals surface area contributed by atoms with Crippen LogP contribution in [0.15, 0.2) is 48.5 Å². The van der Waals surface area contributed by atoms with Crippen molar-refractivity contribution in [2.75, 3.05) is 26.8 Å². The second kappa shape index (κ2) is 7.34. The number of rotatable bonds is 5. The predicted molar refractivity (Wildman–Crippen MR) is 95.1 cm³/mol. The molecule has 0 aromatic heterocycles. The summed E-state index contributed by atoms with van der Waals surface area (Å²) in [4.78, 5) is 0. The molecule has 3 heteroatoms. The molecule has 120 valence electrons. The number of methoxy groups -OCH3 is 1. The lowest BCUT2D eigenvalue weighted by Gasteiger charge is -2.17. The van der Waals surface area contributed by atoms with E-state index in [4.69, 9.17) is 9.47 Å². The van der Waals surface area contributed by atoms with Crippen LogP contribution in [0, 0.1) is 0 Å². The van der Waals surface area contributed by atoms with Gasteiger partial charge in [-0.05, 0) is 54.8 Å². The van der Waals surface area contributed by atoms with Gasteiger partial charge in [-0.15, -0.1) is 0 Å². The van der Waals surface area contributed by atoms with Crippen molar-refractivity contribution in [1.82, 2.24) is 5.32 Å². The van der Waals surface area contributed by atoms with Gasteiger partial charge in [-0.25, -0.2) is 0 Å². The van der Waals surface area contributed by atoms with Crippen molar-refractivity contribution in [3.05, 3.63) is 54.1 Å². The SMILES string of the molecule is CCOc1cccc(-c2ccc(C3=CCNCC3)cc2OC)c1. The average molecular weight is 309 g/mol. The van der Waals surface area contributed by atoms with Gasteiger partial charge in [-0.1, -0.05) is 30.3 Å². The summed E-state index contributed by atoms with van der Waals surface area (Å²) < 4.78 is 11.3. The van der Waals surface area contributed by atoms with Crippen LogP contribution in [0.4, 0.5) is 0 Å². The Kier molecular flexibility index (Phi) is 4.99. The van der Waals surface area contributed by atoms with Gasteiger partial charge in [0.05, 0.1) is 13.7 Å². The van der Waals surface area contributed by atoms with E-state index in [9.17, 15) is 0 Å². The first-order chi connectivity index (χ1) is 11.3. The number of hydrogen-bond acceptors (Lipinski definition) is 3. The summed E-state index contributed by atoms with van der Waals surface area (Å²) in [5.74, 6) is 1.78. The molecule has 1 aliphatic heterocycles. The van der Waals surface area contributed by atoms with E-state index in [-0.39, 0.29) is 0 Å². The molecule has 0 saturated carbocycles. The average Bonchev–Trinajstić information content (AvgIpc) is 2.62. The minimum absolute atomic E-state index is 0.668. The molecule has 1 aliphatic rings. The Hall–Kier alpha value is -2.26. The molecule has 0 unspecified atom stereocenters. The minimum Gasteiger partial charge on any atom is -0.496 e. The summed E-state index contributed by atoms with van der Waals surface area (Å²) in [7, 11) is 1.73. The maximum Gasteiger partial charge on any atom is 0.127 e. The first-order valence-corrected chi connectivity index (χ1v) is 8.13. The van der Waals surface area contributed by atoms with Crippen molar-refractivity contribution in [1.29, 1.82) is 0 Å². The largest absolute Gasteiger partial charge is 0.496 e. The Morgan fingerprint density at radius 2 is 2.00 bits per heavy atom. The predicted octanol–water partition coefficient (Wildman–Crippen LogP) is 4.14. The molecule has 0 atom stereocenters. The number of ether oxygens (including phenoxy) is 2. The molecular weight excluding hydrogens is 286 g/mol. The van der Waals surface area contributed by atoms with Crippen molar-refractivity contribution in [2.24, 2.45) is 0 Å². The van der Waals surface area contributed by atoms with Crippen LogP contribution in [-0.2, 0) is 0 Å². The monoisotopic (exact) mass is 309 g/mol. The molecule has 1 N–H and O–H groups in total. The normalized spacial score (nSPS) is 14.3. The summed E-state index contributed by atoms with van der Waals surface area (Å²) in [6, 6.07) is 14.6. The molecule has 0 bridgehead atoms. The van der Waals surface area contributed by atoms with Gasteiger partial charge in [0, 0.05) is 12.1 Å². The minimum atomic E-state index is 0.668. The fourth-order valence-electron chi connectivity index (χ4n) is 2.93.